The minimum atomic E-state index is 0.0809. The Labute approximate surface area is 104 Å². The van der Waals surface area contributed by atoms with Gasteiger partial charge in [0.25, 0.3) is 5.91 Å². The lowest BCUT2D eigenvalue weighted by Crippen LogP contribution is -2.24. The van der Waals surface area contributed by atoms with Crippen molar-refractivity contribution in [3.8, 4) is 0 Å². The minimum absolute atomic E-state index is 0.0809. The van der Waals surface area contributed by atoms with E-state index in [9.17, 15) is 4.79 Å². The van der Waals surface area contributed by atoms with E-state index in [-0.39, 0.29) is 5.91 Å². The van der Waals surface area contributed by atoms with E-state index >= 15 is 0 Å². The van der Waals surface area contributed by atoms with E-state index in [4.69, 9.17) is 0 Å². The van der Waals surface area contributed by atoms with Crippen LogP contribution in [0, 0.1) is 5.92 Å². The molecule has 92 valence electrons. The Hall–Kier alpha value is -1.31. The molecule has 0 spiro atoms. The monoisotopic (exact) mass is 231 g/mol. The number of nitrogens with zero attached hydrogens (tertiary/aromatic N) is 1. The van der Waals surface area contributed by atoms with E-state index in [1.54, 1.807) is 17.1 Å². The first-order valence-corrected chi connectivity index (χ1v) is 6.54. The van der Waals surface area contributed by atoms with Crippen LogP contribution in [0.1, 0.15) is 38.5 Å². The predicted octanol–water partition coefficient (Wildman–Crippen LogP) is 3.43. The van der Waals surface area contributed by atoms with Crippen LogP contribution >= 0.6 is 0 Å². The average molecular weight is 231 g/mol. The maximum Gasteiger partial charge on any atom is 0.251 e. The molecule has 0 aromatic rings. The third-order valence-electron chi connectivity index (χ3n) is 3.57. The molecule has 2 aliphatic rings. The van der Waals surface area contributed by atoms with Crippen molar-refractivity contribution >= 4 is 5.91 Å². The van der Waals surface area contributed by atoms with E-state index in [0.717, 1.165) is 31.0 Å². The topological polar surface area (TPSA) is 20.3 Å². The SMILES string of the molecule is C=C(CCCCCN1C(=C)C=CC1=O)C1CC1. The van der Waals surface area contributed by atoms with Crippen molar-refractivity contribution in [1.82, 2.24) is 4.90 Å². The molecule has 0 radical (unpaired) electrons. The second kappa shape index (κ2) is 5.35. The standard InChI is InChI=1S/C15H21NO/c1-12(14-8-9-14)6-4-3-5-11-16-13(2)7-10-15(16)17/h7,10,14H,1-6,8-9,11H2. The lowest BCUT2D eigenvalue weighted by atomic mass is 10.1. The second-order valence-corrected chi connectivity index (χ2v) is 5.06. The first-order valence-electron chi connectivity index (χ1n) is 6.54. The van der Waals surface area contributed by atoms with Gasteiger partial charge in [-0.25, -0.2) is 0 Å². The summed E-state index contributed by atoms with van der Waals surface area (Å²) in [4.78, 5) is 13.2. The van der Waals surface area contributed by atoms with Gasteiger partial charge in [0.15, 0.2) is 0 Å². The second-order valence-electron chi connectivity index (χ2n) is 5.06. The van der Waals surface area contributed by atoms with Crippen LogP contribution in [0.15, 0.2) is 36.6 Å². The summed E-state index contributed by atoms with van der Waals surface area (Å²) in [6.07, 6.45) is 10.7. The highest BCUT2D eigenvalue weighted by Gasteiger charge is 2.23. The Kier molecular flexibility index (Phi) is 3.82. The van der Waals surface area contributed by atoms with Crippen LogP contribution in [0.25, 0.3) is 0 Å². The van der Waals surface area contributed by atoms with E-state index in [1.807, 2.05) is 0 Å². The highest BCUT2D eigenvalue weighted by molar-refractivity contribution is 5.92. The molecule has 1 saturated carbocycles. The van der Waals surface area contributed by atoms with Gasteiger partial charge in [0, 0.05) is 18.3 Å². The summed E-state index contributed by atoms with van der Waals surface area (Å²) in [6.45, 7) is 8.78. The van der Waals surface area contributed by atoms with Crippen LogP contribution < -0.4 is 0 Å². The molecule has 0 N–H and O–H groups in total. The first kappa shape index (κ1) is 12.2. The Morgan fingerprint density at radius 3 is 2.65 bits per heavy atom. The van der Waals surface area contributed by atoms with Crippen molar-refractivity contribution in [1.29, 1.82) is 0 Å². The van der Waals surface area contributed by atoms with E-state index < -0.39 is 0 Å². The Morgan fingerprint density at radius 1 is 1.29 bits per heavy atom. The van der Waals surface area contributed by atoms with Crippen molar-refractivity contribution in [2.75, 3.05) is 6.54 Å². The third-order valence-corrected chi connectivity index (χ3v) is 3.57. The number of allylic oxidation sites excluding steroid dienone is 2. The number of unbranched alkanes of at least 4 members (excludes halogenated alkanes) is 2. The van der Waals surface area contributed by atoms with Gasteiger partial charge in [0.05, 0.1) is 0 Å². The number of hydrogen-bond donors (Lipinski definition) is 0. The Bertz CT molecular complexity index is 345. The fourth-order valence-electron chi connectivity index (χ4n) is 2.24. The van der Waals surface area contributed by atoms with Crippen molar-refractivity contribution in [2.45, 2.75) is 38.5 Å². The Balaban J connectivity index is 1.55. The van der Waals surface area contributed by atoms with Crippen LogP contribution in [0.2, 0.25) is 0 Å². The maximum absolute atomic E-state index is 11.4. The van der Waals surface area contributed by atoms with Crippen LogP contribution in [0.3, 0.4) is 0 Å². The van der Waals surface area contributed by atoms with Crippen molar-refractivity contribution in [3.05, 3.63) is 36.6 Å². The van der Waals surface area contributed by atoms with Gasteiger partial charge in [0.2, 0.25) is 0 Å². The summed E-state index contributed by atoms with van der Waals surface area (Å²) in [5.41, 5.74) is 2.27. The van der Waals surface area contributed by atoms with E-state index in [1.165, 1.54) is 31.3 Å². The number of carbonyl (C=O) groups excluding carboxylic acids is 1. The van der Waals surface area contributed by atoms with Gasteiger partial charge in [-0.1, -0.05) is 25.2 Å². The molecule has 0 aromatic carbocycles. The zero-order valence-corrected chi connectivity index (χ0v) is 10.5. The van der Waals surface area contributed by atoms with Gasteiger partial charge in [-0.15, -0.1) is 0 Å². The lowest BCUT2D eigenvalue weighted by Gasteiger charge is -2.16. The molecule has 2 nitrogen and oxygen atoms in total. The lowest BCUT2D eigenvalue weighted by molar-refractivity contribution is -0.123. The van der Waals surface area contributed by atoms with Gasteiger partial charge in [-0.2, -0.15) is 0 Å². The molecule has 0 bridgehead atoms. The van der Waals surface area contributed by atoms with Gasteiger partial charge in [-0.05, 0) is 44.1 Å². The Morgan fingerprint density at radius 2 is 2.06 bits per heavy atom. The minimum Gasteiger partial charge on any atom is -0.309 e. The molecule has 1 amide bonds. The molecular formula is C15H21NO. The van der Waals surface area contributed by atoms with E-state index in [2.05, 4.69) is 13.2 Å². The first-order chi connectivity index (χ1) is 8.18. The summed E-state index contributed by atoms with van der Waals surface area (Å²) < 4.78 is 0. The fourth-order valence-corrected chi connectivity index (χ4v) is 2.24. The van der Waals surface area contributed by atoms with Crippen LogP contribution in [0.5, 0.6) is 0 Å². The zero-order chi connectivity index (χ0) is 12.3. The molecule has 1 heterocycles. The molecule has 1 aliphatic heterocycles. The third kappa shape index (κ3) is 3.32. The molecule has 2 rings (SSSR count). The number of amides is 1. The zero-order valence-electron chi connectivity index (χ0n) is 10.5. The van der Waals surface area contributed by atoms with E-state index in [0.29, 0.717) is 0 Å². The highest BCUT2D eigenvalue weighted by Crippen LogP contribution is 2.37. The largest absolute Gasteiger partial charge is 0.309 e. The van der Waals surface area contributed by atoms with Crippen LogP contribution in [-0.2, 0) is 4.79 Å². The molecular weight excluding hydrogens is 210 g/mol. The number of carbonyl (C=O) groups is 1. The van der Waals surface area contributed by atoms with Crippen LogP contribution in [0.4, 0.5) is 0 Å². The molecule has 2 heteroatoms. The summed E-state index contributed by atoms with van der Waals surface area (Å²) in [6, 6.07) is 0. The van der Waals surface area contributed by atoms with Crippen molar-refractivity contribution < 1.29 is 4.79 Å². The van der Waals surface area contributed by atoms with Gasteiger partial charge < -0.3 is 4.90 Å². The van der Waals surface area contributed by atoms with Gasteiger partial charge in [-0.3, -0.25) is 4.79 Å². The summed E-state index contributed by atoms with van der Waals surface area (Å²) >= 11 is 0. The molecule has 0 atom stereocenters. The van der Waals surface area contributed by atoms with Crippen molar-refractivity contribution in [2.24, 2.45) is 5.92 Å². The van der Waals surface area contributed by atoms with Gasteiger partial charge >= 0.3 is 0 Å². The van der Waals surface area contributed by atoms with Crippen molar-refractivity contribution in [3.63, 3.8) is 0 Å². The fraction of sp³-hybridized carbons (Fsp3) is 0.533. The molecule has 0 aromatic heterocycles. The summed E-state index contributed by atoms with van der Waals surface area (Å²) in [7, 11) is 0. The molecule has 0 unspecified atom stereocenters. The maximum atomic E-state index is 11.4. The number of hydrogen-bond acceptors (Lipinski definition) is 1. The molecule has 0 saturated heterocycles. The predicted molar refractivity (Wildman–Crippen MR) is 70.3 cm³/mol. The normalized spacial score (nSPS) is 19.2. The van der Waals surface area contributed by atoms with Crippen LogP contribution in [-0.4, -0.2) is 17.4 Å². The molecule has 17 heavy (non-hydrogen) atoms. The number of rotatable bonds is 7. The molecule has 1 fully saturated rings. The van der Waals surface area contributed by atoms with Gasteiger partial charge in [0.1, 0.15) is 0 Å². The summed E-state index contributed by atoms with van der Waals surface area (Å²) in [5, 5.41) is 0. The average Bonchev–Trinajstić information content (AvgIpc) is 3.09. The highest BCUT2D eigenvalue weighted by atomic mass is 16.2. The molecule has 1 aliphatic carbocycles. The quantitative estimate of drug-likeness (QED) is 0.485. The smallest absolute Gasteiger partial charge is 0.251 e. The summed E-state index contributed by atoms with van der Waals surface area (Å²) in [5.74, 6) is 0.913.